The third kappa shape index (κ3) is 6.37. The van der Waals surface area contributed by atoms with Crippen LogP contribution in [0.3, 0.4) is 0 Å². The van der Waals surface area contributed by atoms with E-state index in [2.05, 4.69) is 20.4 Å². The van der Waals surface area contributed by atoms with E-state index in [1.165, 1.54) is 18.2 Å². The van der Waals surface area contributed by atoms with E-state index in [0.29, 0.717) is 31.0 Å². The first-order valence-electron chi connectivity index (χ1n) is 7.80. The van der Waals surface area contributed by atoms with Crippen molar-refractivity contribution < 1.29 is 17.9 Å². The monoisotopic (exact) mass is 351 g/mol. The number of guanidine groups is 1. The van der Waals surface area contributed by atoms with E-state index in [1.807, 2.05) is 0 Å². The summed E-state index contributed by atoms with van der Waals surface area (Å²) in [5.41, 5.74) is 1.60. The summed E-state index contributed by atoms with van der Waals surface area (Å²) in [6, 6.07) is 12.9. The zero-order chi connectivity index (χ0) is 18.1. The zero-order valence-corrected chi connectivity index (χ0v) is 13.8. The Balaban J connectivity index is 1.83. The predicted octanol–water partition coefficient (Wildman–Crippen LogP) is 3.33. The van der Waals surface area contributed by atoms with Crippen LogP contribution in [-0.4, -0.2) is 26.2 Å². The molecule has 0 saturated heterocycles. The molecule has 4 nitrogen and oxygen atoms in total. The number of para-hydroxylation sites is 1. The lowest BCUT2D eigenvalue weighted by molar-refractivity contribution is -0.0504. The van der Waals surface area contributed by atoms with Gasteiger partial charge in [-0.15, -0.1) is 0 Å². The molecule has 25 heavy (non-hydrogen) atoms. The number of nitrogens with one attached hydrogen (secondary N) is 2. The Kier molecular flexibility index (Phi) is 7.13. The number of alkyl halides is 2. The average molecular weight is 351 g/mol. The highest BCUT2D eigenvalue weighted by Gasteiger charge is 2.09. The van der Waals surface area contributed by atoms with Crippen molar-refractivity contribution in [2.45, 2.75) is 19.6 Å². The molecule has 0 bridgehead atoms. The van der Waals surface area contributed by atoms with E-state index in [9.17, 15) is 13.2 Å². The van der Waals surface area contributed by atoms with Gasteiger partial charge in [-0.2, -0.15) is 8.78 Å². The number of ether oxygens (including phenoxy) is 1. The topological polar surface area (TPSA) is 45.7 Å². The molecule has 2 N–H and O–H groups in total. The van der Waals surface area contributed by atoms with Gasteiger partial charge in [0.15, 0.2) is 5.96 Å². The maximum atomic E-state index is 12.9. The molecule has 0 amide bonds. The van der Waals surface area contributed by atoms with Gasteiger partial charge in [-0.1, -0.05) is 30.3 Å². The maximum Gasteiger partial charge on any atom is 0.387 e. The summed E-state index contributed by atoms with van der Waals surface area (Å²) in [5, 5.41) is 6.17. The third-order valence-electron chi connectivity index (χ3n) is 3.48. The molecule has 2 aromatic rings. The molecule has 0 aromatic heterocycles. The van der Waals surface area contributed by atoms with E-state index < -0.39 is 6.61 Å². The number of hydrogen-bond acceptors (Lipinski definition) is 2. The summed E-state index contributed by atoms with van der Waals surface area (Å²) < 4.78 is 42.2. The second-order valence-electron chi connectivity index (χ2n) is 5.22. The highest BCUT2D eigenvalue weighted by Crippen LogP contribution is 2.19. The quantitative estimate of drug-likeness (QED) is 0.594. The molecule has 0 unspecified atom stereocenters. The van der Waals surface area contributed by atoms with Gasteiger partial charge >= 0.3 is 6.61 Å². The van der Waals surface area contributed by atoms with E-state index >= 15 is 0 Å². The molecule has 2 rings (SSSR count). The highest BCUT2D eigenvalue weighted by molar-refractivity contribution is 5.79. The molecule has 0 atom stereocenters. The van der Waals surface area contributed by atoms with Gasteiger partial charge in [0.25, 0.3) is 0 Å². The first-order chi connectivity index (χ1) is 12.1. The van der Waals surface area contributed by atoms with Crippen LogP contribution in [0.15, 0.2) is 53.5 Å². The van der Waals surface area contributed by atoms with Gasteiger partial charge in [-0.25, -0.2) is 4.39 Å². The van der Waals surface area contributed by atoms with Crippen molar-refractivity contribution in [2.24, 2.45) is 4.99 Å². The molecular weight excluding hydrogens is 331 g/mol. The molecule has 0 saturated carbocycles. The predicted molar refractivity (Wildman–Crippen MR) is 91.4 cm³/mol. The van der Waals surface area contributed by atoms with Gasteiger partial charge in [0.1, 0.15) is 11.6 Å². The number of benzene rings is 2. The third-order valence-corrected chi connectivity index (χ3v) is 3.48. The van der Waals surface area contributed by atoms with E-state index in [4.69, 9.17) is 0 Å². The maximum absolute atomic E-state index is 12.9. The number of rotatable bonds is 7. The Labute approximate surface area is 144 Å². The molecule has 0 spiro atoms. The molecule has 7 heteroatoms. The molecule has 0 aliphatic rings. The first-order valence-corrected chi connectivity index (χ1v) is 7.80. The van der Waals surface area contributed by atoms with Gasteiger partial charge in [-0.05, 0) is 30.2 Å². The lowest BCUT2D eigenvalue weighted by Gasteiger charge is -2.14. The molecule has 2 aromatic carbocycles. The lowest BCUT2D eigenvalue weighted by Crippen LogP contribution is -2.37. The normalized spacial score (nSPS) is 11.5. The second-order valence-corrected chi connectivity index (χ2v) is 5.22. The van der Waals surface area contributed by atoms with Crippen LogP contribution in [0.2, 0.25) is 0 Å². The van der Waals surface area contributed by atoms with Crippen LogP contribution in [0.1, 0.15) is 11.1 Å². The summed E-state index contributed by atoms with van der Waals surface area (Å²) >= 11 is 0. The summed E-state index contributed by atoms with van der Waals surface area (Å²) in [7, 11) is 1.62. The molecule has 0 heterocycles. The van der Waals surface area contributed by atoms with Crippen LogP contribution < -0.4 is 15.4 Å². The largest absolute Gasteiger partial charge is 0.434 e. The number of halogens is 3. The summed E-state index contributed by atoms with van der Waals surface area (Å²) in [6.45, 7) is -1.98. The lowest BCUT2D eigenvalue weighted by atomic mass is 10.1. The van der Waals surface area contributed by atoms with Crippen LogP contribution in [0.4, 0.5) is 13.2 Å². The fourth-order valence-electron chi connectivity index (χ4n) is 2.24. The highest BCUT2D eigenvalue weighted by atomic mass is 19.3. The fourth-order valence-corrected chi connectivity index (χ4v) is 2.24. The molecule has 0 fully saturated rings. The van der Waals surface area contributed by atoms with Crippen molar-refractivity contribution in [1.29, 1.82) is 0 Å². The molecule has 0 aliphatic heterocycles. The van der Waals surface area contributed by atoms with Crippen LogP contribution in [0.5, 0.6) is 5.75 Å². The van der Waals surface area contributed by atoms with Crippen molar-refractivity contribution in [2.75, 3.05) is 13.6 Å². The standard InChI is InChI=1S/C18H20F3N3O/c1-22-18(23-11-10-13-6-8-15(19)9-7-13)24-12-14-4-2-3-5-16(14)25-17(20)21/h2-9,17H,10-12H2,1H3,(H2,22,23,24). The van der Waals surface area contributed by atoms with Crippen molar-refractivity contribution in [1.82, 2.24) is 10.6 Å². The Hall–Kier alpha value is -2.70. The second kappa shape index (κ2) is 9.56. The molecule has 134 valence electrons. The molecule has 0 radical (unpaired) electrons. The minimum atomic E-state index is -2.87. The summed E-state index contributed by atoms with van der Waals surface area (Å²) in [4.78, 5) is 4.08. The summed E-state index contributed by atoms with van der Waals surface area (Å²) in [6.07, 6.45) is 0.700. The van der Waals surface area contributed by atoms with Gasteiger partial charge in [-0.3, -0.25) is 4.99 Å². The Morgan fingerprint density at radius 3 is 2.48 bits per heavy atom. The molecule has 0 aliphatic carbocycles. The number of hydrogen-bond donors (Lipinski definition) is 2. The minimum absolute atomic E-state index is 0.131. The van der Waals surface area contributed by atoms with E-state index in [0.717, 1.165) is 5.56 Å². The van der Waals surface area contributed by atoms with Gasteiger partial charge < -0.3 is 15.4 Å². The number of aliphatic imine (C=N–C) groups is 1. The SMILES string of the molecule is CN=C(NCCc1ccc(F)cc1)NCc1ccccc1OC(F)F. The van der Waals surface area contributed by atoms with Crippen LogP contribution in [0.25, 0.3) is 0 Å². The van der Waals surface area contributed by atoms with Crippen LogP contribution in [-0.2, 0) is 13.0 Å². The Bertz CT molecular complexity index is 690. The average Bonchev–Trinajstić information content (AvgIpc) is 2.60. The van der Waals surface area contributed by atoms with E-state index in [-0.39, 0.29) is 11.6 Å². The van der Waals surface area contributed by atoms with Gasteiger partial charge in [0, 0.05) is 25.7 Å². The van der Waals surface area contributed by atoms with Crippen molar-refractivity contribution in [3.8, 4) is 5.75 Å². The minimum Gasteiger partial charge on any atom is -0.434 e. The zero-order valence-electron chi connectivity index (χ0n) is 13.8. The van der Waals surface area contributed by atoms with Gasteiger partial charge in [0.2, 0.25) is 0 Å². The van der Waals surface area contributed by atoms with Crippen molar-refractivity contribution in [3.63, 3.8) is 0 Å². The van der Waals surface area contributed by atoms with E-state index in [1.54, 1.807) is 37.4 Å². The Morgan fingerprint density at radius 2 is 1.80 bits per heavy atom. The smallest absolute Gasteiger partial charge is 0.387 e. The molecular formula is C18H20F3N3O. The Morgan fingerprint density at radius 1 is 1.08 bits per heavy atom. The summed E-state index contributed by atoms with van der Waals surface area (Å²) in [5.74, 6) is 0.402. The van der Waals surface area contributed by atoms with Crippen molar-refractivity contribution >= 4 is 5.96 Å². The van der Waals surface area contributed by atoms with Crippen molar-refractivity contribution in [3.05, 3.63) is 65.5 Å². The van der Waals surface area contributed by atoms with Crippen LogP contribution >= 0.6 is 0 Å². The van der Waals surface area contributed by atoms with Crippen LogP contribution in [0, 0.1) is 5.82 Å². The van der Waals surface area contributed by atoms with Gasteiger partial charge in [0.05, 0.1) is 0 Å². The number of nitrogens with zero attached hydrogens (tertiary/aromatic N) is 1. The fraction of sp³-hybridized carbons (Fsp3) is 0.278. The first kappa shape index (κ1) is 18.6.